The van der Waals surface area contributed by atoms with Gasteiger partial charge >= 0.3 is 0 Å². The Bertz CT molecular complexity index is 250. The molecule has 0 amide bonds. The molecule has 0 nitrogen and oxygen atoms in total. The number of hydrogen-bond donors (Lipinski definition) is 0. The molecule has 1 aromatic heterocycles. The lowest BCUT2D eigenvalue weighted by Gasteiger charge is -2.19. The first kappa shape index (κ1) is 10.6. The summed E-state index contributed by atoms with van der Waals surface area (Å²) in [5.41, 5.74) is 0. The fraction of sp³-hybridized carbons (Fsp3) is 0.667. The highest BCUT2D eigenvalue weighted by atomic mass is 31.0. The Hall–Kier alpha value is 0.0800. The van der Waals surface area contributed by atoms with Gasteiger partial charge in [0.2, 0.25) is 0 Å². The van der Waals surface area contributed by atoms with Crippen molar-refractivity contribution >= 4 is 16.4 Å². The van der Waals surface area contributed by atoms with Crippen LogP contribution in [0.25, 0.3) is 0 Å². The summed E-state index contributed by atoms with van der Waals surface area (Å²) in [5.74, 6) is 7.92. The van der Waals surface area contributed by atoms with E-state index in [9.17, 15) is 0 Å². The Balaban J connectivity index is 2.01. The van der Waals surface area contributed by atoms with Gasteiger partial charge in [0.05, 0.1) is 0 Å². The summed E-state index contributed by atoms with van der Waals surface area (Å²) in [6.45, 7) is 0. The smallest absolute Gasteiger partial charge is 0.0115 e. The summed E-state index contributed by atoms with van der Waals surface area (Å²) in [6, 6.07) is 0. The van der Waals surface area contributed by atoms with Crippen LogP contribution in [-0.2, 0) is 0 Å². The van der Waals surface area contributed by atoms with E-state index in [1.807, 2.05) is 0 Å². The highest BCUT2D eigenvalue weighted by molar-refractivity contribution is 7.36. The second-order valence-corrected chi connectivity index (χ2v) is 6.10. The van der Waals surface area contributed by atoms with Crippen molar-refractivity contribution in [2.75, 3.05) is 0 Å². The molecule has 0 aromatic carbocycles. The molecule has 0 bridgehead atoms. The Kier molecular flexibility index (Phi) is 4.42. The monoisotopic (exact) mass is 224 g/mol. The fourth-order valence-electron chi connectivity index (χ4n) is 2.27. The molecule has 0 aliphatic heterocycles. The van der Waals surface area contributed by atoms with Crippen molar-refractivity contribution in [3.8, 4) is 0 Å². The molecular weight excluding hydrogens is 206 g/mol. The highest BCUT2D eigenvalue weighted by Gasteiger charge is 2.13. The first-order chi connectivity index (χ1) is 6.97. The molecule has 1 saturated carbocycles. The van der Waals surface area contributed by atoms with Gasteiger partial charge in [0, 0.05) is 0 Å². The molecule has 0 unspecified atom stereocenters. The zero-order chi connectivity index (χ0) is 9.64. The van der Waals surface area contributed by atoms with Crippen LogP contribution in [0, 0.1) is 0 Å². The zero-order valence-corrected chi connectivity index (χ0v) is 10.4. The van der Waals surface area contributed by atoms with Crippen LogP contribution in [0.2, 0.25) is 0 Å². The maximum Gasteiger partial charge on any atom is -0.0115 e. The molecule has 76 valence electrons. The van der Waals surface area contributed by atoms with Gasteiger partial charge in [-0.2, -0.15) is 0 Å². The second kappa shape index (κ2) is 5.84. The van der Waals surface area contributed by atoms with Crippen LogP contribution < -0.4 is 0 Å². The summed E-state index contributed by atoms with van der Waals surface area (Å²) in [4.78, 5) is 0. The summed E-state index contributed by atoms with van der Waals surface area (Å²) < 4.78 is 0. The van der Waals surface area contributed by atoms with Crippen molar-refractivity contribution < 1.29 is 0 Å². The van der Waals surface area contributed by atoms with E-state index in [0.717, 1.165) is 5.92 Å². The van der Waals surface area contributed by atoms with E-state index in [-0.39, 0.29) is 0 Å². The van der Waals surface area contributed by atoms with E-state index in [0.29, 0.717) is 0 Å². The van der Waals surface area contributed by atoms with Crippen LogP contribution in [0.5, 0.6) is 0 Å². The molecule has 2 rings (SSSR count). The van der Waals surface area contributed by atoms with Gasteiger partial charge < -0.3 is 0 Å². The number of rotatable bonds is 1. The normalized spacial score (nSPS) is 21.1. The van der Waals surface area contributed by atoms with Crippen LogP contribution >= 0.6 is 16.4 Å². The summed E-state index contributed by atoms with van der Waals surface area (Å²) >= 11 is 0. The van der Waals surface area contributed by atoms with E-state index >= 15 is 0 Å². The molecule has 0 radical (unpaired) electrons. The highest BCUT2D eigenvalue weighted by Crippen LogP contribution is 2.35. The van der Waals surface area contributed by atoms with E-state index in [1.54, 1.807) is 5.30 Å². The van der Waals surface area contributed by atoms with Gasteiger partial charge in [0.1, 0.15) is 0 Å². The minimum Gasteiger partial charge on any atom is -0.0754 e. The maximum absolute atomic E-state index is 2.44. The van der Waals surface area contributed by atoms with Crippen LogP contribution in [0.1, 0.15) is 56.2 Å². The summed E-state index contributed by atoms with van der Waals surface area (Å²) in [7, 11) is 2.88. The molecule has 1 aliphatic carbocycles. The average Bonchev–Trinajstić information content (AvgIpc) is 2.18. The van der Waals surface area contributed by atoms with Crippen LogP contribution in [0.15, 0.2) is 17.4 Å². The maximum atomic E-state index is 2.44. The van der Waals surface area contributed by atoms with Gasteiger partial charge in [-0.05, 0) is 41.4 Å². The molecular formula is C12H18P2. The molecule has 0 saturated heterocycles. The molecule has 0 spiro atoms. The number of hydrogen-bond acceptors (Lipinski definition) is 0. The largest absolute Gasteiger partial charge is 0.0754 e. The molecule has 14 heavy (non-hydrogen) atoms. The summed E-state index contributed by atoms with van der Waals surface area (Å²) in [6.07, 6.45) is 10.2. The third-order valence-corrected chi connectivity index (χ3v) is 5.38. The molecule has 1 heterocycles. The molecule has 1 aliphatic rings. The summed E-state index contributed by atoms with van der Waals surface area (Å²) in [5, 5.41) is 1.70. The molecule has 1 fully saturated rings. The van der Waals surface area contributed by atoms with Crippen molar-refractivity contribution in [3.05, 3.63) is 22.7 Å². The minimum atomic E-state index is 0.911. The van der Waals surface area contributed by atoms with Gasteiger partial charge in [-0.3, -0.25) is 0 Å². The first-order valence-electron chi connectivity index (χ1n) is 5.73. The Morgan fingerprint density at radius 1 is 0.929 bits per heavy atom. The lowest BCUT2D eigenvalue weighted by molar-refractivity contribution is 0.460. The van der Waals surface area contributed by atoms with Gasteiger partial charge in [-0.25, -0.2) is 0 Å². The average molecular weight is 224 g/mol. The van der Waals surface area contributed by atoms with Crippen molar-refractivity contribution in [1.29, 1.82) is 0 Å². The predicted molar refractivity (Wildman–Crippen MR) is 66.5 cm³/mol. The Labute approximate surface area is 90.3 Å². The van der Waals surface area contributed by atoms with Crippen molar-refractivity contribution in [1.82, 2.24) is 0 Å². The van der Waals surface area contributed by atoms with Crippen molar-refractivity contribution in [2.45, 2.75) is 50.9 Å². The van der Waals surface area contributed by atoms with Gasteiger partial charge in [-0.1, -0.05) is 48.5 Å². The Morgan fingerprint density at radius 3 is 2.29 bits per heavy atom. The fourth-order valence-corrected chi connectivity index (χ4v) is 4.41. The topological polar surface area (TPSA) is 0 Å². The van der Waals surface area contributed by atoms with Crippen molar-refractivity contribution in [2.24, 2.45) is 0 Å². The zero-order valence-electron chi connectivity index (χ0n) is 8.65. The predicted octanol–water partition coefficient (Wildman–Crippen LogP) is 5.67. The SMILES string of the molecule is c1cpc(C2CCCCCCC2)cp1. The quantitative estimate of drug-likeness (QED) is 0.576. The first-order valence-corrected chi connectivity index (χ1v) is 7.72. The van der Waals surface area contributed by atoms with E-state index in [4.69, 9.17) is 0 Å². The lowest BCUT2D eigenvalue weighted by Crippen LogP contribution is -2.00. The van der Waals surface area contributed by atoms with E-state index < -0.39 is 0 Å². The van der Waals surface area contributed by atoms with Gasteiger partial charge in [0.25, 0.3) is 0 Å². The third-order valence-electron chi connectivity index (χ3n) is 3.11. The van der Waals surface area contributed by atoms with E-state index in [1.165, 1.54) is 61.3 Å². The van der Waals surface area contributed by atoms with Gasteiger partial charge in [-0.15, -0.1) is 0 Å². The molecule has 2 heteroatoms. The molecule has 1 aromatic rings. The third kappa shape index (κ3) is 3.04. The van der Waals surface area contributed by atoms with Crippen LogP contribution in [0.4, 0.5) is 0 Å². The lowest BCUT2D eigenvalue weighted by atomic mass is 9.91. The minimum absolute atomic E-state index is 0.911. The van der Waals surface area contributed by atoms with Crippen molar-refractivity contribution in [3.63, 3.8) is 0 Å². The van der Waals surface area contributed by atoms with Gasteiger partial charge in [0.15, 0.2) is 0 Å². The standard InChI is InChI=1S/C12H18P2/c1-2-4-6-11(7-5-3-1)12-10-13-8-9-14-12/h8-11H,1-7H2. The second-order valence-electron chi connectivity index (χ2n) is 4.17. The molecule has 0 atom stereocenters. The van der Waals surface area contributed by atoms with E-state index in [2.05, 4.69) is 17.4 Å². The Morgan fingerprint density at radius 2 is 1.64 bits per heavy atom. The van der Waals surface area contributed by atoms with Crippen LogP contribution in [0.3, 0.4) is 0 Å². The molecule has 0 N–H and O–H groups in total. The van der Waals surface area contributed by atoms with Crippen LogP contribution in [-0.4, -0.2) is 0 Å².